The lowest BCUT2D eigenvalue weighted by molar-refractivity contribution is -0.130. The third kappa shape index (κ3) is 6.88. The highest BCUT2D eigenvalue weighted by molar-refractivity contribution is 7.90. The Morgan fingerprint density at radius 1 is 1.25 bits per heavy atom. The van der Waals surface area contributed by atoms with Crippen LogP contribution in [0, 0.1) is 5.92 Å². The second-order valence-electron chi connectivity index (χ2n) is 6.35. The molecule has 1 aromatic rings. The monoisotopic (exact) mass is 356 g/mol. The summed E-state index contributed by atoms with van der Waals surface area (Å²) in [5.74, 6) is 0.935. The quantitative estimate of drug-likeness (QED) is 0.727. The Kier molecular flexibility index (Phi) is 7.69. The SMILES string of the molecule is CC(C)C(N)CCN(C)C(=O)CCOc1ccc(S(C)(=O)=O)cc1. The van der Waals surface area contributed by atoms with Crippen molar-refractivity contribution in [3.05, 3.63) is 24.3 Å². The van der Waals surface area contributed by atoms with Crippen LogP contribution in [0.25, 0.3) is 0 Å². The highest BCUT2D eigenvalue weighted by atomic mass is 32.2. The van der Waals surface area contributed by atoms with Gasteiger partial charge in [-0.25, -0.2) is 8.42 Å². The Morgan fingerprint density at radius 3 is 2.33 bits per heavy atom. The number of rotatable bonds is 9. The number of hydrogen-bond donors (Lipinski definition) is 1. The number of benzene rings is 1. The Hall–Kier alpha value is -1.60. The van der Waals surface area contributed by atoms with Gasteiger partial charge in [-0.05, 0) is 36.6 Å². The van der Waals surface area contributed by atoms with Gasteiger partial charge in [0.15, 0.2) is 9.84 Å². The van der Waals surface area contributed by atoms with Gasteiger partial charge in [-0.15, -0.1) is 0 Å². The fourth-order valence-electron chi connectivity index (χ4n) is 2.03. The molecule has 0 spiro atoms. The van der Waals surface area contributed by atoms with Crippen LogP contribution in [0.4, 0.5) is 0 Å². The summed E-state index contributed by atoms with van der Waals surface area (Å²) in [6, 6.07) is 6.25. The van der Waals surface area contributed by atoms with Crippen LogP contribution < -0.4 is 10.5 Å². The summed E-state index contributed by atoms with van der Waals surface area (Å²) in [6.45, 7) is 5.00. The first kappa shape index (κ1) is 20.4. The molecule has 1 rings (SSSR count). The van der Waals surface area contributed by atoms with Gasteiger partial charge in [-0.2, -0.15) is 0 Å². The molecule has 1 aromatic carbocycles. The maximum absolute atomic E-state index is 12.0. The highest BCUT2D eigenvalue weighted by Gasteiger charge is 2.13. The molecule has 1 atom stereocenters. The molecule has 2 N–H and O–H groups in total. The van der Waals surface area contributed by atoms with Crippen LogP contribution in [0.3, 0.4) is 0 Å². The fourth-order valence-corrected chi connectivity index (χ4v) is 2.66. The summed E-state index contributed by atoms with van der Waals surface area (Å²) in [5, 5.41) is 0. The van der Waals surface area contributed by atoms with Crippen molar-refractivity contribution in [2.24, 2.45) is 11.7 Å². The van der Waals surface area contributed by atoms with Crippen LogP contribution in [0.5, 0.6) is 5.75 Å². The molecule has 24 heavy (non-hydrogen) atoms. The predicted molar refractivity (Wildman–Crippen MR) is 94.7 cm³/mol. The van der Waals surface area contributed by atoms with Gasteiger partial charge in [-0.1, -0.05) is 13.8 Å². The number of nitrogens with zero attached hydrogens (tertiary/aromatic N) is 1. The lowest BCUT2D eigenvalue weighted by Gasteiger charge is -2.21. The number of ether oxygens (including phenoxy) is 1. The smallest absolute Gasteiger partial charge is 0.225 e. The standard InChI is InChI=1S/C17H28N2O4S/c1-13(2)16(18)9-11-19(3)17(20)10-12-23-14-5-7-15(8-6-14)24(4,21)22/h5-8,13,16H,9-12,18H2,1-4H3. The number of nitrogens with two attached hydrogens (primary N) is 1. The van der Waals surface area contributed by atoms with E-state index in [1.165, 1.54) is 12.1 Å². The van der Waals surface area contributed by atoms with Crippen LogP contribution in [-0.2, 0) is 14.6 Å². The van der Waals surface area contributed by atoms with Crippen molar-refractivity contribution in [3.8, 4) is 5.75 Å². The molecule has 0 bridgehead atoms. The predicted octanol–water partition coefficient (Wildman–Crippen LogP) is 1.69. The number of carbonyl (C=O) groups is 1. The molecule has 0 radical (unpaired) electrons. The van der Waals surface area contributed by atoms with E-state index in [0.29, 0.717) is 18.2 Å². The van der Waals surface area contributed by atoms with Crippen LogP contribution in [0.2, 0.25) is 0 Å². The molecule has 0 heterocycles. The summed E-state index contributed by atoms with van der Waals surface area (Å²) in [4.78, 5) is 13.9. The summed E-state index contributed by atoms with van der Waals surface area (Å²) in [5.41, 5.74) is 5.98. The summed E-state index contributed by atoms with van der Waals surface area (Å²) in [7, 11) is -1.45. The van der Waals surface area contributed by atoms with Crippen molar-refractivity contribution in [1.29, 1.82) is 0 Å². The Bertz CT molecular complexity index is 626. The molecular formula is C17H28N2O4S. The third-order valence-corrected chi connectivity index (χ3v) is 5.04. The van der Waals surface area contributed by atoms with Gasteiger partial charge in [0.1, 0.15) is 5.75 Å². The van der Waals surface area contributed by atoms with Gasteiger partial charge in [0, 0.05) is 25.9 Å². The molecule has 0 saturated carbocycles. The number of sulfone groups is 1. The van der Waals surface area contributed by atoms with Crippen LogP contribution in [0.1, 0.15) is 26.7 Å². The molecule has 1 unspecified atom stereocenters. The van der Waals surface area contributed by atoms with E-state index in [0.717, 1.165) is 12.7 Å². The minimum atomic E-state index is -3.21. The average molecular weight is 356 g/mol. The van der Waals surface area contributed by atoms with Gasteiger partial charge in [-0.3, -0.25) is 4.79 Å². The molecule has 7 heteroatoms. The number of carbonyl (C=O) groups excluding carboxylic acids is 1. The van der Waals surface area contributed by atoms with E-state index in [9.17, 15) is 13.2 Å². The van der Waals surface area contributed by atoms with Gasteiger partial charge in [0.25, 0.3) is 0 Å². The third-order valence-electron chi connectivity index (χ3n) is 3.92. The summed E-state index contributed by atoms with van der Waals surface area (Å²) < 4.78 is 28.2. The Balaban J connectivity index is 2.37. The van der Waals surface area contributed by atoms with Crippen molar-refractivity contribution >= 4 is 15.7 Å². The first-order valence-electron chi connectivity index (χ1n) is 8.03. The van der Waals surface area contributed by atoms with Crippen LogP contribution in [-0.4, -0.2) is 51.7 Å². The zero-order valence-electron chi connectivity index (χ0n) is 14.9. The minimum absolute atomic E-state index is 0.00119. The molecule has 0 aliphatic carbocycles. The maximum Gasteiger partial charge on any atom is 0.225 e. The van der Waals surface area contributed by atoms with E-state index in [1.807, 2.05) is 0 Å². The molecule has 136 valence electrons. The zero-order valence-corrected chi connectivity index (χ0v) is 15.7. The van der Waals surface area contributed by atoms with E-state index in [2.05, 4.69) is 13.8 Å². The topological polar surface area (TPSA) is 89.7 Å². The summed E-state index contributed by atoms with van der Waals surface area (Å²) >= 11 is 0. The van der Waals surface area contributed by atoms with E-state index in [4.69, 9.17) is 10.5 Å². The molecule has 0 fully saturated rings. The van der Waals surface area contributed by atoms with Crippen molar-refractivity contribution in [1.82, 2.24) is 4.90 Å². The van der Waals surface area contributed by atoms with Gasteiger partial charge in [0.2, 0.25) is 5.91 Å². The first-order valence-corrected chi connectivity index (χ1v) is 9.93. The van der Waals surface area contributed by atoms with Crippen molar-refractivity contribution in [3.63, 3.8) is 0 Å². The van der Waals surface area contributed by atoms with E-state index < -0.39 is 9.84 Å². The van der Waals surface area contributed by atoms with E-state index in [-0.39, 0.29) is 29.9 Å². The van der Waals surface area contributed by atoms with Gasteiger partial charge < -0.3 is 15.4 Å². The number of amides is 1. The van der Waals surface area contributed by atoms with Crippen molar-refractivity contribution in [2.45, 2.75) is 37.6 Å². The van der Waals surface area contributed by atoms with Crippen LogP contribution >= 0.6 is 0 Å². The number of hydrogen-bond acceptors (Lipinski definition) is 5. The zero-order chi connectivity index (χ0) is 18.3. The molecule has 0 aliphatic rings. The maximum atomic E-state index is 12.0. The van der Waals surface area contributed by atoms with Gasteiger partial charge >= 0.3 is 0 Å². The molecular weight excluding hydrogens is 328 g/mol. The second kappa shape index (κ2) is 9.03. The van der Waals surface area contributed by atoms with Gasteiger partial charge in [0.05, 0.1) is 17.9 Å². The largest absolute Gasteiger partial charge is 0.493 e. The van der Waals surface area contributed by atoms with Crippen molar-refractivity contribution < 1.29 is 17.9 Å². The lowest BCUT2D eigenvalue weighted by Crippen LogP contribution is -2.35. The lowest BCUT2D eigenvalue weighted by atomic mass is 10.0. The Labute approximate surface area is 144 Å². The first-order chi connectivity index (χ1) is 11.1. The Morgan fingerprint density at radius 2 is 1.83 bits per heavy atom. The van der Waals surface area contributed by atoms with Crippen LogP contribution in [0.15, 0.2) is 29.2 Å². The minimum Gasteiger partial charge on any atom is -0.493 e. The highest BCUT2D eigenvalue weighted by Crippen LogP contribution is 2.16. The van der Waals surface area contributed by atoms with E-state index >= 15 is 0 Å². The fraction of sp³-hybridized carbons (Fsp3) is 0.588. The molecule has 1 amide bonds. The average Bonchev–Trinajstić information content (AvgIpc) is 2.51. The molecule has 0 aromatic heterocycles. The second-order valence-corrected chi connectivity index (χ2v) is 8.37. The molecule has 6 nitrogen and oxygen atoms in total. The molecule has 0 saturated heterocycles. The van der Waals surface area contributed by atoms with E-state index in [1.54, 1.807) is 24.1 Å². The summed E-state index contributed by atoms with van der Waals surface area (Å²) in [6.07, 6.45) is 2.19. The van der Waals surface area contributed by atoms with Crippen molar-refractivity contribution in [2.75, 3.05) is 26.5 Å². The molecule has 0 aliphatic heterocycles. The normalized spacial score (nSPS) is 12.9.